The van der Waals surface area contributed by atoms with E-state index in [-0.39, 0.29) is 22.0 Å². The molecule has 336 valence electrons. The fourth-order valence-corrected chi connectivity index (χ4v) is 9.12. The second-order valence-corrected chi connectivity index (χ2v) is 21.4. The molecule has 9 aromatic rings. The van der Waals surface area contributed by atoms with Crippen LogP contribution in [0.3, 0.4) is 0 Å². The first-order valence-corrected chi connectivity index (χ1v) is 23.5. The van der Waals surface area contributed by atoms with Crippen molar-refractivity contribution in [2.75, 3.05) is 0 Å². The van der Waals surface area contributed by atoms with Crippen molar-refractivity contribution in [3.8, 4) is 78.6 Å². The van der Waals surface area contributed by atoms with Crippen LogP contribution in [0.25, 0.3) is 83.9 Å². The molecule has 0 atom stereocenters. The van der Waals surface area contributed by atoms with E-state index in [1.165, 1.54) is 5.56 Å². The molecule has 0 fully saturated rings. The molecule has 0 unspecified atom stereocenters. The summed E-state index contributed by atoms with van der Waals surface area (Å²) in [6, 6.07) is 57.9. The van der Waals surface area contributed by atoms with Gasteiger partial charge in [0.15, 0.2) is 0 Å². The van der Waals surface area contributed by atoms with Gasteiger partial charge in [-0.3, -0.25) is 9.55 Å². The van der Waals surface area contributed by atoms with E-state index < -0.39 is 5.89 Å². The van der Waals surface area contributed by atoms with Crippen molar-refractivity contribution < 1.29 is 6.48 Å². The van der Waals surface area contributed by atoms with Crippen LogP contribution < -0.4 is 0 Å². The van der Waals surface area contributed by atoms with Gasteiger partial charge < -0.3 is 5.11 Å². The van der Waals surface area contributed by atoms with Crippen molar-refractivity contribution in [1.82, 2.24) is 14.5 Å². The van der Waals surface area contributed by atoms with Crippen LogP contribution in [0, 0.1) is 0 Å². The van der Waals surface area contributed by atoms with Gasteiger partial charge >= 0.3 is 0 Å². The summed E-state index contributed by atoms with van der Waals surface area (Å²) in [6.07, 6.45) is 1.88. The zero-order chi connectivity index (χ0) is 48.3. The molecule has 0 saturated carbocycles. The molecule has 7 aromatic carbocycles. The predicted octanol–water partition coefficient (Wildman–Crippen LogP) is 17.1. The Kier molecular flexibility index (Phi) is 11.3. The standard InChI is InChI=1S/C63H63N3O/c1-40(2)43-24-18-25-44(32-43)45-30-31-64-55(36-45)48-34-46(41-20-14-12-15-21-41)33-47(35-48)51-26-19-27-57-58(51)65-60(53-38-50(62(6,7)8)39-54(59(53)67)63(9,10)11)66(57)56-29-28-49(61(3,4)5)37-52(56)42-22-16-13-17-23-42/h12-40,67H,1-11H3/i40D. The predicted molar refractivity (Wildman–Crippen MR) is 283 cm³/mol. The molecule has 0 spiro atoms. The molecule has 1 N–H and O–H groups in total. The van der Waals surface area contributed by atoms with Gasteiger partial charge in [-0.15, -0.1) is 0 Å². The van der Waals surface area contributed by atoms with Gasteiger partial charge in [0.1, 0.15) is 11.6 Å². The van der Waals surface area contributed by atoms with Gasteiger partial charge in [-0.1, -0.05) is 185 Å². The highest BCUT2D eigenvalue weighted by molar-refractivity contribution is 5.98. The molecule has 0 aliphatic carbocycles. The zero-order valence-corrected chi connectivity index (χ0v) is 41.0. The lowest BCUT2D eigenvalue weighted by atomic mass is 9.79. The molecule has 2 heterocycles. The number of rotatable bonds is 8. The molecule has 0 radical (unpaired) electrons. The van der Waals surface area contributed by atoms with E-state index in [0.717, 1.165) is 89.2 Å². The number of phenols is 1. The quantitative estimate of drug-likeness (QED) is 0.165. The Morgan fingerprint density at radius 2 is 1.10 bits per heavy atom. The lowest BCUT2D eigenvalue weighted by Crippen LogP contribution is -2.17. The van der Waals surface area contributed by atoms with E-state index >= 15 is 0 Å². The first kappa shape index (κ1) is 43.8. The molecule has 0 saturated heterocycles. The molecular formula is C63H63N3O. The van der Waals surface area contributed by atoms with Crippen LogP contribution in [-0.4, -0.2) is 19.6 Å². The van der Waals surface area contributed by atoms with Crippen LogP contribution in [0.15, 0.2) is 170 Å². The number of para-hydroxylation sites is 1. The van der Waals surface area contributed by atoms with Crippen LogP contribution in [0.1, 0.15) is 106 Å². The lowest BCUT2D eigenvalue weighted by Gasteiger charge is -2.28. The maximum absolute atomic E-state index is 12.6. The summed E-state index contributed by atoms with van der Waals surface area (Å²) in [7, 11) is 0. The number of fused-ring (bicyclic) bond motifs is 1. The summed E-state index contributed by atoms with van der Waals surface area (Å²) in [5, 5.41) is 12.6. The lowest BCUT2D eigenvalue weighted by molar-refractivity contribution is 0.446. The van der Waals surface area contributed by atoms with E-state index in [9.17, 15) is 5.11 Å². The highest BCUT2D eigenvalue weighted by Crippen LogP contribution is 2.46. The van der Waals surface area contributed by atoms with Crippen molar-refractivity contribution in [3.05, 3.63) is 192 Å². The van der Waals surface area contributed by atoms with Crippen molar-refractivity contribution in [2.45, 2.75) is 98.3 Å². The molecule has 9 rings (SSSR count). The largest absolute Gasteiger partial charge is 0.507 e. The molecule has 2 aromatic heterocycles. The van der Waals surface area contributed by atoms with Crippen molar-refractivity contribution >= 4 is 11.0 Å². The number of hydrogen-bond donors (Lipinski definition) is 1. The number of aromatic hydroxyl groups is 1. The smallest absolute Gasteiger partial charge is 0.149 e. The monoisotopic (exact) mass is 879 g/mol. The van der Waals surface area contributed by atoms with E-state index in [1.54, 1.807) is 0 Å². The first-order valence-electron chi connectivity index (χ1n) is 24.0. The van der Waals surface area contributed by atoms with Gasteiger partial charge in [0.05, 0.1) is 28.0 Å². The summed E-state index contributed by atoms with van der Waals surface area (Å²) < 4.78 is 11.0. The van der Waals surface area contributed by atoms with Gasteiger partial charge in [0.2, 0.25) is 0 Å². The fraction of sp³-hybridized carbons (Fsp3) is 0.238. The summed E-state index contributed by atoms with van der Waals surface area (Å²) in [5.41, 5.74) is 17.2. The van der Waals surface area contributed by atoms with E-state index in [2.05, 4.69) is 206 Å². The topological polar surface area (TPSA) is 50.9 Å². The number of aromatic nitrogens is 3. The minimum Gasteiger partial charge on any atom is -0.507 e. The van der Waals surface area contributed by atoms with Gasteiger partial charge in [-0.2, -0.15) is 0 Å². The molecule has 4 heteroatoms. The third-order valence-electron chi connectivity index (χ3n) is 13.1. The number of imidazole rings is 1. The maximum atomic E-state index is 12.6. The molecule has 0 bridgehead atoms. The van der Waals surface area contributed by atoms with Gasteiger partial charge in [-0.25, -0.2) is 4.98 Å². The van der Waals surface area contributed by atoms with Crippen LogP contribution in [-0.2, 0) is 16.2 Å². The van der Waals surface area contributed by atoms with Crippen LogP contribution in [0.4, 0.5) is 0 Å². The Hall–Kier alpha value is -7.04. The van der Waals surface area contributed by atoms with Gasteiger partial charge in [0, 0.05) is 29.8 Å². The minimum atomic E-state index is -0.722. The van der Waals surface area contributed by atoms with E-state index in [1.807, 2.05) is 44.3 Å². The highest BCUT2D eigenvalue weighted by Gasteiger charge is 2.30. The summed E-state index contributed by atoms with van der Waals surface area (Å²) in [4.78, 5) is 10.7. The Labute approximate surface area is 399 Å². The Bertz CT molecular complexity index is 3320. The van der Waals surface area contributed by atoms with Crippen LogP contribution in [0.5, 0.6) is 5.75 Å². The summed E-state index contributed by atoms with van der Waals surface area (Å²) in [6.45, 7) is 23.8. The SMILES string of the molecule is [2H]C(C)(C)c1cccc(-c2ccnc(-c3cc(-c4ccccc4)cc(-c4cccc5c4nc(-c4cc(C(C)(C)C)cc(C(C)(C)C)c4O)n5-c4ccc(C(C)(C)C)cc4-c4ccccc4)c3)c2)c1. The van der Waals surface area contributed by atoms with Crippen LogP contribution in [0.2, 0.25) is 0 Å². The number of benzene rings is 7. The van der Waals surface area contributed by atoms with Crippen molar-refractivity contribution in [3.63, 3.8) is 0 Å². The second-order valence-electron chi connectivity index (χ2n) is 21.4. The molecule has 4 nitrogen and oxygen atoms in total. The average Bonchev–Trinajstić information content (AvgIpc) is 3.70. The Morgan fingerprint density at radius 1 is 0.493 bits per heavy atom. The number of nitrogens with zero attached hydrogens (tertiary/aromatic N) is 3. The Balaban J connectivity index is 1.35. The summed E-state index contributed by atoms with van der Waals surface area (Å²) >= 11 is 0. The third kappa shape index (κ3) is 8.98. The van der Waals surface area contributed by atoms with Gasteiger partial charge in [0.25, 0.3) is 0 Å². The molecular weight excluding hydrogens is 815 g/mol. The zero-order valence-electron chi connectivity index (χ0n) is 42.0. The number of pyridine rings is 1. The van der Waals surface area contributed by atoms with Gasteiger partial charge in [-0.05, 0) is 127 Å². The average molecular weight is 879 g/mol. The number of hydrogen-bond acceptors (Lipinski definition) is 3. The van der Waals surface area contributed by atoms with E-state index in [0.29, 0.717) is 11.4 Å². The molecule has 0 aliphatic rings. The third-order valence-corrected chi connectivity index (χ3v) is 13.1. The molecule has 0 amide bonds. The Morgan fingerprint density at radius 3 is 1.78 bits per heavy atom. The highest BCUT2D eigenvalue weighted by atomic mass is 16.3. The van der Waals surface area contributed by atoms with E-state index in [4.69, 9.17) is 11.3 Å². The van der Waals surface area contributed by atoms with Crippen LogP contribution >= 0.6 is 0 Å². The normalized spacial score (nSPS) is 12.7. The number of phenolic OH excluding ortho intramolecular Hbond substituents is 1. The molecule has 0 aliphatic heterocycles. The maximum Gasteiger partial charge on any atom is 0.149 e. The molecule has 67 heavy (non-hydrogen) atoms. The van der Waals surface area contributed by atoms with Crippen molar-refractivity contribution in [1.29, 1.82) is 0 Å². The fourth-order valence-electron chi connectivity index (χ4n) is 9.12. The second kappa shape index (κ2) is 17.3. The summed E-state index contributed by atoms with van der Waals surface area (Å²) in [5.74, 6) is 0.196. The minimum absolute atomic E-state index is 0.0886. The first-order chi connectivity index (χ1) is 32.1. The van der Waals surface area contributed by atoms with Crippen molar-refractivity contribution in [2.24, 2.45) is 0 Å².